The van der Waals surface area contributed by atoms with E-state index < -0.39 is 5.60 Å². The van der Waals surface area contributed by atoms with Crippen LogP contribution in [0.4, 0.5) is 0 Å². The minimum Gasteiger partial charge on any atom is -0.380 e. The number of hydrogen-bond donors (Lipinski definition) is 1. The van der Waals surface area contributed by atoms with Crippen LogP contribution in [0.1, 0.15) is 56.4 Å². The van der Waals surface area contributed by atoms with Crippen molar-refractivity contribution in [2.75, 3.05) is 26.2 Å². The average molecular weight is 394 g/mol. The molecule has 154 valence electrons. The smallest absolute Gasteiger partial charge is 0.254 e. The van der Waals surface area contributed by atoms with Gasteiger partial charge in [-0.15, -0.1) is 0 Å². The lowest BCUT2D eigenvalue weighted by atomic mass is 9.80. The third-order valence-electron chi connectivity index (χ3n) is 7.86. The van der Waals surface area contributed by atoms with Gasteiger partial charge in [0.25, 0.3) is 5.91 Å². The predicted molar refractivity (Wildman–Crippen MR) is 110 cm³/mol. The molecule has 0 radical (unpaired) electrons. The molecular weight excluding hydrogens is 362 g/mol. The molecule has 4 aliphatic rings. The number of nitriles is 1. The highest BCUT2D eigenvalue weighted by Gasteiger charge is 2.57. The van der Waals surface area contributed by atoms with Crippen LogP contribution in [0, 0.1) is 23.2 Å². The lowest BCUT2D eigenvalue weighted by Gasteiger charge is -2.57. The number of benzene rings is 1. The Bertz CT molecular complexity index is 799. The number of nitrogens with zero attached hydrogens (tertiary/aromatic N) is 3. The summed E-state index contributed by atoms with van der Waals surface area (Å²) < 4.78 is 0. The molecule has 5 heteroatoms. The Morgan fingerprint density at radius 3 is 2.48 bits per heavy atom. The maximum Gasteiger partial charge on any atom is 0.254 e. The quantitative estimate of drug-likeness (QED) is 0.807. The van der Waals surface area contributed by atoms with Gasteiger partial charge in [0.2, 0.25) is 0 Å². The van der Waals surface area contributed by atoms with Crippen molar-refractivity contribution in [3.63, 3.8) is 0 Å². The van der Waals surface area contributed by atoms with Gasteiger partial charge < -0.3 is 10.0 Å². The second-order valence-electron chi connectivity index (χ2n) is 9.93. The van der Waals surface area contributed by atoms with Crippen LogP contribution in [0.15, 0.2) is 30.3 Å². The first-order valence-electron chi connectivity index (χ1n) is 11.2. The van der Waals surface area contributed by atoms with Crippen molar-refractivity contribution in [2.45, 2.75) is 62.0 Å². The predicted octanol–water partition coefficient (Wildman–Crippen LogP) is 2.91. The van der Waals surface area contributed by atoms with E-state index in [2.05, 4.69) is 41.3 Å². The van der Waals surface area contributed by atoms with Crippen molar-refractivity contribution in [2.24, 2.45) is 11.8 Å². The maximum atomic E-state index is 12.4. The molecule has 2 aliphatic heterocycles. The number of piperidine rings is 1. The third-order valence-corrected chi connectivity index (χ3v) is 7.86. The summed E-state index contributed by atoms with van der Waals surface area (Å²) in [4.78, 5) is 16.6. The Kier molecular flexibility index (Phi) is 4.68. The molecule has 2 heterocycles. The van der Waals surface area contributed by atoms with Crippen molar-refractivity contribution in [3.8, 4) is 6.07 Å². The number of aliphatic hydroxyl groups is 1. The number of amides is 1. The van der Waals surface area contributed by atoms with Crippen molar-refractivity contribution in [3.05, 3.63) is 35.9 Å². The molecule has 0 aromatic heterocycles. The molecule has 5 rings (SSSR count). The van der Waals surface area contributed by atoms with Gasteiger partial charge in [0, 0.05) is 13.1 Å². The van der Waals surface area contributed by atoms with E-state index in [1.807, 2.05) is 0 Å². The lowest BCUT2D eigenvalue weighted by molar-refractivity contribution is -0.158. The third kappa shape index (κ3) is 3.58. The first-order valence-corrected chi connectivity index (χ1v) is 11.2. The molecule has 1 unspecified atom stereocenters. The van der Waals surface area contributed by atoms with Gasteiger partial charge in [-0.3, -0.25) is 9.69 Å². The summed E-state index contributed by atoms with van der Waals surface area (Å²) >= 11 is 0. The topological polar surface area (TPSA) is 67.6 Å². The summed E-state index contributed by atoms with van der Waals surface area (Å²) in [6, 6.07) is 13.3. The highest BCUT2D eigenvalue weighted by Crippen LogP contribution is 2.52. The normalized spacial score (nSPS) is 30.3. The second kappa shape index (κ2) is 7.11. The summed E-state index contributed by atoms with van der Waals surface area (Å²) in [6.45, 7) is 3.26. The largest absolute Gasteiger partial charge is 0.380 e. The molecule has 2 saturated heterocycles. The number of hydrogen-bond acceptors (Lipinski definition) is 4. The van der Waals surface area contributed by atoms with Gasteiger partial charge in [-0.1, -0.05) is 30.3 Å². The van der Waals surface area contributed by atoms with E-state index in [-0.39, 0.29) is 11.4 Å². The average Bonchev–Trinajstić information content (AvgIpc) is 3.63. The van der Waals surface area contributed by atoms with Crippen molar-refractivity contribution in [1.82, 2.24) is 9.80 Å². The zero-order valence-electron chi connectivity index (χ0n) is 17.1. The first-order chi connectivity index (χ1) is 14.0. The molecule has 2 atom stereocenters. The maximum absolute atomic E-state index is 12.4. The van der Waals surface area contributed by atoms with Crippen LogP contribution in [-0.4, -0.2) is 58.1 Å². The first kappa shape index (κ1) is 19.1. The van der Waals surface area contributed by atoms with Gasteiger partial charge >= 0.3 is 0 Å². The molecule has 1 N–H and O–H groups in total. The molecule has 2 aliphatic carbocycles. The molecule has 0 spiro atoms. The summed E-state index contributed by atoms with van der Waals surface area (Å²) in [5.41, 5.74) is 0.220. The van der Waals surface area contributed by atoms with Gasteiger partial charge in [0.05, 0.1) is 18.0 Å². The minimum atomic E-state index is -1.09. The fraction of sp³-hybridized carbons (Fsp3) is 0.667. The van der Waals surface area contributed by atoms with Gasteiger partial charge in [-0.05, 0) is 74.9 Å². The van der Waals surface area contributed by atoms with Crippen LogP contribution in [0.3, 0.4) is 0 Å². The molecule has 0 bridgehead atoms. The Labute approximate surface area is 173 Å². The van der Waals surface area contributed by atoms with E-state index in [9.17, 15) is 15.2 Å². The van der Waals surface area contributed by atoms with Crippen LogP contribution >= 0.6 is 0 Å². The van der Waals surface area contributed by atoms with E-state index in [0.29, 0.717) is 32.4 Å². The molecule has 29 heavy (non-hydrogen) atoms. The van der Waals surface area contributed by atoms with E-state index in [1.165, 1.54) is 31.2 Å². The summed E-state index contributed by atoms with van der Waals surface area (Å²) in [5.74, 6) is 2.27. The zero-order valence-corrected chi connectivity index (χ0v) is 17.1. The monoisotopic (exact) mass is 393 g/mol. The van der Waals surface area contributed by atoms with Crippen LogP contribution < -0.4 is 0 Å². The van der Waals surface area contributed by atoms with Gasteiger partial charge in [0.1, 0.15) is 5.60 Å². The van der Waals surface area contributed by atoms with Crippen molar-refractivity contribution >= 4 is 5.91 Å². The minimum absolute atomic E-state index is 0.123. The highest BCUT2D eigenvalue weighted by atomic mass is 16.3. The summed E-state index contributed by atoms with van der Waals surface area (Å²) in [6.07, 6.45) is 6.71. The Morgan fingerprint density at radius 1 is 1.17 bits per heavy atom. The highest BCUT2D eigenvalue weighted by molar-refractivity contribution is 5.88. The number of rotatable bonds is 6. The molecule has 1 amide bonds. The lowest BCUT2D eigenvalue weighted by Crippen LogP contribution is -2.73. The van der Waals surface area contributed by atoms with E-state index in [0.717, 1.165) is 30.8 Å². The molecule has 2 saturated carbocycles. The number of carbonyl (C=O) groups excluding carboxylic acids is 1. The van der Waals surface area contributed by atoms with Gasteiger partial charge in [-0.2, -0.15) is 5.26 Å². The molecule has 4 fully saturated rings. The number of likely N-dealkylation sites (tertiary alicyclic amines) is 2. The zero-order chi connectivity index (χ0) is 20.1. The Balaban J connectivity index is 1.12. The summed E-state index contributed by atoms with van der Waals surface area (Å²) in [5, 5.41) is 19.5. The standard InChI is InChI=1S/C24H31N3O2/c25-11-10-23(16-26(17-23)22(28)24(29)8-9-24)27-12-6-18(7-13-27)14-20-15-21(20)19-4-2-1-3-5-19/h1-5,18,20-21,29H,6-10,12-17H2/t20-,21?/m1/s1. The fourth-order valence-electron chi connectivity index (χ4n) is 5.69. The van der Waals surface area contributed by atoms with Crippen LogP contribution in [0.25, 0.3) is 0 Å². The van der Waals surface area contributed by atoms with E-state index in [4.69, 9.17) is 0 Å². The molecule has 1 aromatic rings. The van der Waals surface area contributed by atoms with E-state index in [1.54, 1.807) is 4.90 Å². The Hall–Kier alpha value is -1.90. The second-order valence-corrected chi connectivity index (χ2v) is 9.93. The van der Waals surface area contributed by atoms with Crippen LogP contribution in [0.5, 0.6) is 0 Å². The molecule has 1 aromatic carbocycles. The summed E-state index contributed by atoms with van der Waals surface area (Å²) in [7, 11) is 0. The van der Waals surface area contributed by atoms with Gasteiger partial charge in [-0.25, -0.2) is 0 Å². The van der Waals surface area contributed by atoms with Crippen molar-refractivity contribution < 1.29 is 9.90 Å². The molecule has 5 nitrogen and oxygen atoms in total. The van der Waals surface area contributed by atoms with Gasteiger partial charge in [0.15, 0.2) is 0 Å². The molecular formula is C24H31N3O2. The van der Waals surface area contributed by atoms with Crippen molar-refractivity contribution in [1.29, 1.82) is 5.26 Å². The SMILES string of the molecule is N#CCC1(N2CCC(C[C@@H]3CC3c3ccccc3)CC2)CN(C(=O)C2(O)CC2)C1. The van der Waals surface area contributed by atoms with Crippen LogP contribution in [-0.2, 0) is 4.79 Å². The van der Waals surface area contributed by atoms with E-state index >= 15 is 0 Å². The Morgan fingerprint density at radius 2 is 1.86 bits per heavy atom. The van der Waals surface area contributed by atoms with Crippen LogP contribution in [0.2, 0.25) is 0 Å². The fourth-order valence-corrected chi connectivity index (χ4v) is 5.69. The number of carbonyl (C=O) groups is 1.